The molecule has 0 aliphatic carbocycles. The lowest BCUT2D eigenvalue weighted by Crippen LogP contribution is -2.19. The highest BCUT2D eigenvalue weighted by atomic mass is 32.1. The smallest absolute Gasteiger partial charge is 0.267 e. The maximum absolute atomic E-state index is 11.7. The van der Waals surface area contributed by atoms with Crippen molar-refractivity contribution in [3.8, 4) is 5.00 Å². The fraction of sp³-hybridized carbons (Fsp3) is 0.333. The van der Waals surface area contributed by atoms with E-state index in [2.05, 4.69) is 25.0 Å². The minimum absolute atomic E-state index is 0.0808. The number of aromatic nitrogens is 2. The molecule has 0 atom stereocenters. The normalized spacial score (nSPS) is 11.0. The summed E-state index contributed by atoms with van der Waals surface area (Å²) in [5.41, 5.74) is 0.766. The van der Waals surface area contributed by atoms with Gasteiger partial charge in [-0.1, -0.05) is 13.8 Å². The van der Waals surface area contributed by atoms with E-state index in [1.54, 1.807) is 23.5 Å². The molecule has 84 valence electrons. The van der Waals surface area contributed by atoms with Gasteiger partial charge in [0.15, 0.2) is 0 Å². The SMILES string of the molecule is Cc1ccc(=O)n(-c2ccc(C(C)C)s2)n1. The number of nitrogens with zero attached hydrogens (tertiary/aromatic N) is 2. The van der Waals surface area contributed by atoms with Gasteiger partial charge in [0.1, 0.15) is 5.00 Å². The van der Waals surface area contributed by atoms with E-state index in [0.29, 0.717) is 5.92 Å². The van der Waals surface area contributed by atoms with Crippen molar-refractivity contribution >= 4 is 11.3 Å². The number of rotatable bonds is 2. The Morgan fingerprint density at radius 3 is 2.62 bits per heavy atom. The predicted molar refractivity (Wildman–Crippen MR) is 66.5 cm³/mol. The van der Waals surface area contributed by atoms with Gasteiger partial charge in [-0.2, -0.15) is 9.78 Å². The van der Waals surface area contributed by atoms with Crippen molar-refractivity contribution in [1.29, 1.82) is 0 Å². The third-order valence-corrected chi connectivity index (χ3v) is 3.69. The summed E-state index contributed by atoms with van der Waals surface area (Å²) in [5, 5.41) is 5.12. The average molecular weight is 234 g/mol. The molecule has 2 heterocycles. The van der Waals surface area contributed by atoms with Crippen LogP contribution in [0.4, 0.5) is 0 Å². The molecular formula is C12H14N2OS. The monoisotopic (exact) mass is 234 g/mol. The minimum Gasteiger partial charge on any atom is -0.267 e. The molecule has 0 unspecified atom stereocenters. The van der Waals surface area contributed by atoms with Gasteiger partial charge in [0, 0.05) is 10.9 Å². The molecule has 0 radical (unpaired) electrons. The fourth-order valence-electron chi connectivity index (χ4n) is 1.43. The minimum atomic E-state index is -0.0808. The van der Waals surface area contributed by atoms with Gasteiger partial charge in [0.05, 0.1) is 5.69 Å². The molecule has 2 aromatic rings. The Morgan fingerprint density at radius 2 is 2.00 bits per heavy atom. The molecule has 0 saturated carbocycles. The number of hydrogen-bond donors (Lipinski definition) is 0. The molecule has 0 fully saturated rings. The standard InChI is InChI=1S/C12H14N2OS/c1-8(2)10-5-7-12(16-10)14-11(15)6-4-9(3)13-14/h4-8H,1-3H3. The van der Waals surface area contributed by atoms with Gasteiger partial charge in [0.2, 0.25) is 0 Å². The Hall–Kier alpha value is -1.42. The van der Waals surface area contributed by atoms with E-state index >= 15 is 0 Å². The van der Waals surface area contributed by atoms with Crippen LogP contribution in [0.2, 0.25) is 0 Å². The Morgan fingerprint density at radius 1 is 1.25 bits per heavy atom. The van der Waals surface area contributed by atoms with E-state index in [4.69, 9.17) is 0 Å². The van der Waals surface area contributed by atoms with E-state index in [9.17, 15) is 4.79 Å². The first-order chi connectivity index (χ1) is 7.58. The lowest BCUT2D eigenvalue weighted by Gasteiger charge is -2.01. The van der Waals surface area contributed by atoms with Crippen LogP contribution >= 0.6 is 11.3 Å². The summed E-state index contributed by atoms with van der Waals surface area (Å²) in [5.74, 6) is 0.485. The second kappa shape index (κ2) is 4.22. The largest absolute Gasteiger partial charge is 0.272 e. The average Bonchev–Trinajstić information content (AvgIpc) is 2.70. The Balaban J connectivity index is 2.50. The van der Waals surface area contributed by atoms with Gasteiger partial charge in [0.25, 0.3) is 5.56 Å². The highest BCUT2D eigenvalue weighted by Crippen LogP contribution is 2.25. The molecule has 4 heteroatoms. The fourth-order valence-corrected chi connectivity index (χ4v) is 2.39. The first-order valence-corrected chi connectivity index (χ1v) is 6.06. The third kappa shape index (κ3) is 2.07. The van der Waals surface area contributed by atoms with Gasteiger partial charge < -0.3 is 0 Å². The van der Waals surface area contributed by atoms with Crippen LogP contribution in [0.25, 0.3) is 5.00 Å². The molecule has 0 saturated heterocycles. The molecule has 0 aromatic carbocycles. The van der Waals surface area contributed by atoms with Crippen molar-refractivity contribution in [3.63, 3.8) is 0 Å². The van der Waals surface area contributed by atoms with Gasteiger partial charge >= 0.3 is 0 Å². The molecule has 0 bridgehead atoms. The summed E-state index contributed by atoms with van der Waals surface area (Å²) >= 11 is 1.62. The second-order valence-electron chi connectivity index (χ2n) is 4.06. The van der Waals surface area contributed by atoms with Crippen LogP contribution in [0.3, 0.4) is 0 Å². The Kier molecular flexibility index (Phi) is 2.92. The maximum atomic E-state index is 11.7. The lowest BCUT2D eigenvalue weighted by atomic mass is 10.2. The van der Waals surface area contributed by atoms with Crippen LogP contribution in [0.1, 0.15) is 30.3 Å². The third-order valence-electron chi connectivity index (χ3n) is 2.32. The second-order valence-corrected chi connectivity index (χ2v) is 5.15. The quantitative estimate of drug-likeness (QED) is 0.800. The first-order valence-electron chi connectivity index (χ1n) is 5.25. The molecule has 0 spiro atoms. The lowest BCUT2D eigenvalue weighted by molar-refractivity contribution is 0.797. The van der Waals surface area contributed by atoms with E-state index in [-0.39, 0.29) is 5.56 Å². The van der Waals surface area contributed by atoms with Crippen LogP contribution in [-0.2, 0) is 0 Å². The molecule has 2 aromatic heterocycles. The highest BCUT2D eigenvalue weighted by Gasteiger charge is 2.07. The zero-order chi connectivity index (χ0) is 11.7. The van der Waals surface area contributed by atoms with Crippen LogP contribution < -0.4 is 5.56 Å². The number of hydrogen-bond acceptors (Lipinski definition) is 3. The van der Waals surface area contributed by atoms with Crippen molar-refractivity contribution in [2.24, 2.45) is 0 Å². The Labute approximate surface area is 98.4 Å². The molecule has 0 aliphatic rings. The molecular weight excluding hydrogens is 220 g/mol. The van der Waals surface area contributed by atoms with Crippen LogP contribution in [0.5, 0.6) is 0 Å². The summed E-state index contributed by atoms with van der Waals surface area (Å²) in [6.45, 7) is 6.16. The maximum Gasteiger partial charge on any atom is 0.272 e. The predicted octanol–water partition coefficient (Wildman–Crippen LogP) is 2.73. The van der Waals surface area contributed by atoms with Crippen molar-refractivity contribution in [1.82, 2.24) is 9.78 Å². The van der Waals surface area contributed by atoms with Gasteiger partial charge in [-0.05, 0) is 31.0 Å². The van der Waals surface area contributed by atoms with E-state index < -0.39 is 0 Å². The summed E-state index contributed by atoms with van der Waals surface area (Å²) in [7, 11) is 0. The highest BCUT2D eigenvalue weighted by molar-refractivity contribution is 7.14. The molecule has 2 rings (SSSR count). The molecule has 0 aliphatic heterocycles. The Bertz CT molecular complexity index is 554. The number of thiophene rings is 1. The molecule has 3 nitrogen and oxygen atoms in total. The van der Waals surface area contributed by atoms with Crippen LogP contribution in [-0.4, -0.2) is 9.78 Å². The van der Waals surface area contributed by atoms with Gasteiger partial charge in [-0.25, -0.2) is 0 Å². The number of aryl methyl sites for hydroxylation is 1. The molecule has 0 N–H and O–H groups in total. The van der Waals surface area contributed by atoms with Crippen LogP contribution in [0, 0.1) is 6.92 Å². The summed E-state index contributed by atoms with van der Waals surface area (Å²) in [6.07, 6.45) is 0. The van der Waals surface area contributed by atoms with E-state index in [1.807, 2.05) is 13.0 Å². The zero-order valence-electron chi connectivity index (χ0n) is 9.60. The first kappa shape index (κ1) is 11.1. The van der Waals surface area contributed by atoms with Crippen molar-refractivity contribution in [2.45, 2.75) is 26.7 Å². The van der Waals surface area contributed by atoms with Gasteiger partial charge in [-0.15, -0.1) is 11.3 Å². The zero-order valence-corrected chi connectivity index (χ0v) is 10.4. The van der Waals surface area contributed by atoms with Gasteiger partial charge in [-0.3, -0.25) is 4.79 Å². The van der Waals surface area contributed by atoms with E-state index in [0.717, 1.165) is 10.7 Å². The molecule has 16 heavy (non-hydrogen) atoms. The van der Waals surface area contributed by atoms with Crippen molar-refractivity contribution in [3.05, 3.63) is 45.2 Å². The topological polar surface area (TPSA) is 34.9 Å². The molecule has 0 amide bonds. The van der Waals surface area contributed by atoms with Crippen molar-refractivity contribution in [2.75, 3.05) is 0 Å². The summed E-state index contributed by atoms with van der Waals surface area (Å²) in [6, 6.07) is 7.29. The summed E-state index contributed by atoms with van der Waals surface area (Å²) in [4.78, 5) is 12.9. The summed E-state index contributed by atoms with van der Waals surface area (Å²) < 4.78 is 1.46. The van der Waals surface area contributed by atoms with Crippen LogP contribution in [0.15, 0.2) is 29.1 Å². The van der Waals surface area contributed by atoms with E-state index in [1.165, 1.54) is 9.56 Å². The van der Waals surface area contributed by atoms with Crippen molar-refractivity contribution < 1.29 is 0 Å².